The van der Waals surface area contributed by atoms with E-state index >= 15 is 0 Å². The molecule has 1 heterocycles. The Morgan fingerprint density at radius 2 is 1.77 bits per heavy atom. The third kappa shape index (κ3) is 6.19. The topological polar surface area (TPSA) is 82.8 Å². The first-order valence-electron chi connectivity index (χ1n) is 11.9. The predicted molar refractivity (Wildman–Crippen MR) is 132 cm³/mol. The highest BCUT2D eigenvalue weighted by atomic mass is 16.7. The van der Waals surface area contributed by atoms with Crippen LogP contribution in [0.15, 0.2) is 77.2 Å². The number of ether oxygens (including phenoxy) is 3. The summed E-state index contributed by atoms with van der Waals surface area (Å²) in [6.07, 6.45) is 4.95. The quantitative estimate of drug-likeness (QED) is 0.281. The number of nitrogens with zero attached hydrogens (tertiary/aromatic N) is 1. The molecule has 7 heteroatoms. The van der Waals surface area contributed by atoms with E-state index in [4.69, 9.17) is 18.6 Å². The number of fused-ring (bicyclic) bond motifs is 1. The molecule has 1 aliphatic rings. The number of carbonyl (C=O) groups excluding carboxylic acids is 1. The van der Waals surface area contributed by atoms with E-state index in [2.05, 4.69) is 10.3 Å². The molecule has 1 amide bonds. The lowest BCUT2D eigenvalue weighted by Gasteiger charge is -2.12. The molecule has 0 radical (unpaired) electrons. The van der Waals surface area contributed by atoms with Crippen LogP contribution in [0.5, 0.6) is 5.75 Å². The molecule has 1 N–H and O–H groups in total. The first kappa shape index (κ1) is 22.9. The number of nitrogens with one attached hydrogen (secondary N) is 1. The van der Waals surface area contributed by atoms with Crippen LogP contribution in [0.3, 0.4) is 0 Å². The van der Waals surface area contributed by atoms with E-state index in [0.29, 0.717) is 35.2 Å². The second-order valence-electron chi connectivity index (χ2n) is 8.61. The molecule has 0 unspecified atom stereocenters. The Morgan fingerprint density at radius 1 is 0.971 bits per heavy atom. The van der Waals surface area contributed by atoms with Gasteiger partial charge in [-0.25, -0.2) is 9.78 Å². The zero-order valence-electron chi connectivity index (χ0n) is 19.4. The number of aromatic nitrogens is 1. The van der Waals surface area contributed by atoms with Gasteiger partial charge in [0.2, 0.25) is 0 Å². The number of benzene rings is 3. The summed E-state index contributed by atoms with van der Waals surface area (Å²) in [6, 6.07) is 22.8. The maximum Gasteiger partial charge on any atom is 0.412 e. The van der Waals surface area contributed by atoms with E-state index in [1.54, 1.807) is 6.07 Å². The number of oxazole rings is 1. The molecule has 0 atom stereocenters. The first-order chi connectivity index (χ1) is 17.2. The Labute approximate surface area is 204 Å². The molecule has 1 aromatic heterocycles. The number of carbonyl (C=O) groups is 1. The van der Waals surface area contributed by atoms with Gasteiger partial charge in [-0.3, -0.25) is 5.32 Å². The number of para-hydroxylation sites is 1. The predicted octanol–water partition coefficient (Wildman–Crippen LogP) is 6.46. The van der Waals surface area contributed by atoms with Crippen LogP contribution in [0.1, 0.15) is 42.7 Å². The van der Waals surface area contributed by atoms with Crippen molar-refractivity contribution in [3.8, 4) is 5.75 Å². The van der Waals surface area contributed by atoms with Crippen LogP contribution >= 0.6 is 0 Å². The van der Waals surface area contributed by atoms with Gasteiger partial charge < -0.3 is 18.6 Å². The standard InChI is InChI=1S/C28H28N2O5/c31-28(32-18-20-8-2-1-3-9-20)30-25-15-7-14-24-27(25)35-26(29-24)17-21-10-6-13-23(16-21)34-19-33-22-11-4-5-12-22/h1-3,6-10,13-16,22H,4-5,11-12,17-19H2,(H,30,31). The van der Waals surface area contributed by atoms with Crippen molar-refractivity contribution < 1.29 is 23.4 Å². The van der Waals surface area contributed by atoms with Crippen molar-refractivity contribution in [3.05, 3.63) is 89.8 Å². The molecule has 4 aromatic rings. The van der Waals surface area contributed by atoms with E-state index in [9.17, 15) is 4.79 Å². The number of amides is 1. The third-order valence-electron chi connectivity index (χ3n) is 5.99. The summed E-state index contributed by atoms with van der Waals surface area (Å²) in [4.78, 5) is 16.9. The highest BCUT2D eigenvalue weighted by Gasteiger charge is 2.16. The molecule has 0 bridgehead atoms. The minimum absolute atomic E-state index is 0.189. The van der Waals surface area contributed by atoms with Crippen LogP contribution in [0.2, 0.25) is 0 Å². The van der Waals surface area contributed by atoms with E-state index in [0.717, 1.165) is 29.7 Å². The number of anilines is 1. The fourth-order valence-electron chi connectivity index (χ4n) is 4.21. The summed E-state index contributed by atoms with van der Waals surface area (Å²) in [5.74, 6) is 1.30. The van der Waals surface area contributed by atoms with Gasteiger partial charge in [0, 0.05) is 6.42 Å². The Bertz CT molecular complexity index is 1260. The summed E-state index contributed by atoms with van der Waals surface area (Å²) in [7, 11) is 0. The zero-order valence-corrected chi connectivity index (χ0v) is 19.4. The van der Waals surface area contributed by atoms with Crippen LogP contribution in [0.25, 0.3) is 11.1 Å². The van der Waals surface area contributed by atoms with E-state index < -0.39 is 6.09 Å². The average molecular weight is 473 g/mol. The SMILES string of the molecule is O=C(Nc1cccc2nc(Cc3cccc(OCOC4CCCC4)c3)oc12)OCc1ccccc1. The monoisotopic (exact) mass is 472 g/mol. The smallest absolute Gasteiger partial charge is 0.412 e. The lowest BCUT2D eigenvalue weighted by Crippen LogP contribution is -2.13. The molecule has 7 nitrogen and oxygen atoms in total. The maximum atomic E-state index is 12.3. The molecule has 3 aromatic carbocycles. The van der Waals surface area contributed by atoms with Crippen molar-refractivity contribution in [1.82, 2.24) is 4.98 Å². The molecule has 180 valence electrons. The Kier molecular flexibility index (Phi) is 7.24. The molecular formula is C28H28N2O5. The third-order valence-corrected chi connectivity index (χ3v) is 5.99. The number of rotatable bonds is 9. The number of hydrogen-bond acceptors (Lipinski definition) is 6. The van der Waals surface area contributed by atoms with Crippen LogP contribution in [-0.2, 0) is 22.5 Å². The van der Waals surface area contributed by atoms with Crippen molar-refractivity contribution in [2.24, 2.45) is 0 Å². The van der Waals surface area contributed by atoms with E-state index in [1.165, 1.54) is 12.8 Å². The molecular weight excluding hydrogens is 444 g/mol. The lowest BCUT2D eigenvalue weighted by atomic mass is 10.1. The van der Waals surface area contributed by atoms with Gasteiger partial charge in [-0.2, -0.15) is 0 Å². The van der Waals surface area contributed by atoms with Gasteiger partial charge in [0.05, 0.1) is 11.8 Å². The van der Waals surface area contributed by atoms with Crippen LogP contribution in [-0.4, -0.2) is 24.0 Å². The largest absolute Gasteiger partial charge is 0.468 e. The van der Waals surface area contributed by atoms with E-state index in [-0.39, 0.29) is 13.4 Å². The molecule has 1 fully saturated rings. The Morgan fingerprint density at radius 3 is 2.63 bits per heavy atom. The Hall–Kier alpha value is -3.84. The fraction of sp³-hybridized carbons (Fsp3) is 0.286. The van der Waals surface area contributed by atoms with Crippen LogP contribution < -0.4 is 10.1 Å². The van der Waals surface area contributed by atoms with Gasteiger partial charge in [-0.15, -0.1) is 0 Å². The summed E-state index contributed by atoms with van der Waals surface area (Å²) >= 11 is 0. The van der Waals surface area contributed by atoms with E-state index in [1.807, 2.05) is 66.7 Å². The van der Waals surface area contributed by atoms with Gasteiger partial charge >= 0.3 is 6.09 Å². The zero-order chi connectivity index (χ0) is 23.9. The molecule has 1 aliphatic carbocycles. The van der Waals surface area contributed by atoms with Crippen molar-refractivity contribution in [3.63, 3.8) is 0 Å². The number of hydrogen-bond donors (Lipinski definition) is 1. The summed E-state index contributed by atoms with van der Waals surface area (Å²) in [5.41, 5.74) is 3.61. The Balaban J connectivity index is 1.20. The molecule has 0 spiro atoms. The summed E-state index contributed by atoms with van der Waals surface area (Å²) in [6.45, 7) is 0.445. The minimum Gasteiger partial charge on any atom is -0.468 e. The fourth-order valence-corrected chi connectivity index (χ4v) is 4.21. The van der Waals surface area contributed by atoms with Crippen molar-refractivity contribution >= 4 is 22.9 Å². The minimum atomic E-state index is -0.552. The van der Waals surface area contributed by atoms with Gasteiger partial charge in [0.1, 0.15) is 17.9 Å². The first-order valence-corrected chi connectivity index (χ1v) is 11.9. The van der Waals surface area contributed by atoms with Crippen molar-refractivity contribution in [1.29, 1.82) is 0 Å². The highest BCUT2D eigenvalue weighted by Crippen LogP contribution is 2.27. The van der Waals surface area contributed by atoms with Crippen molar-refractivity contribution in [2.45, 2.75) is 44.8 Å². The van der Waals surface area contributed by atoms with Crippen molar-refractivity contribution in [2.75, 3.05) is 12.1 Å². The molecule has 0 saturated heterocycles. The average Bonchev–Trinajstić information content (AvgIpc) is 3.54. The summed E-state index contributed by atoms with van der Waals surface area (Å²) < 4.78 is 22.9. The van der Waals surface area contributed by atoms with Gasteiger partial charge in [-0.1, -0.05) is 61.4 Å². The normalized spacial score (nSPS) is 13.7. The maximum absolute atomic E-state index is 12.3. The van der Waals surface area contributed by atoms with Gasteiger partial charge in [0.25, 0.3) is 0 Å². The molecule has 1 saturated carbocycles. The highest BCUT2D eigenvalue weighted by molar-refractivity contribution is 5.95. The molecule has 0 aliphatic heterocycles. The lowest BCUT2D eigenvalue weighted by molar-refractivity contribution is -0.0325. The van der Waals surface area contributed by atoms with Crippen LogP contribution in [0.4, 0.5) is 10.5 Å². The second-order valence-corrected chi connectivity index (χ2v) is 8.61. The molecule has 35 heavy (non-hydrogen) atoms. The molecule has 5 rings (SSSR count). The second kappa shape index (κ2) is 11.1. The summed E-state index contributed by atoms with van der Waals surface area (Å²) in [5, 5.41) is 2.76. The van der Waals surface area contributed by atoms with Crippen LogP contribution in [0, 0.1) is 0 Å². The van der Waals surface area contributed by atoms with Gasteiger partial charge in [0.15, 0.2) is 18.3 Å². The van der Waals surface area contributed by atoms with Gasteiger partial charge in [-0.05, 0) is 48.2 Å².